The van der Waals surface area contributed by atoms with Gasteiger partial charge < -0.3 is 10.1 Å². The molecule has 1 N–H and O–H groups in total. The third-order valence-electron chi connectivity index (χ3n) is 3.36. The smallest absolute Gasteiger partial charge is 0.377 e. The van der Waals surface area contributed by atoms with Crippen molar-refractivity contribution in [3.8, 4) is 0 Å². The fourth-order valence-electron chi connectivity index (χ4n) is 2.16. The Hall–Kier alpha value is -1.65. The topological polar surface area (TPSA) is 38.3 Å². The SMILES string of the molecule is CCCCc1ccc(NCC2CC(F)(F)C(=O)O2)cc1. The number of cyclic esters (lactones) is 1. The molecule has 1 unspecified atom stereocenters. The third kappa shape index (κ3) is 3.68. The van der Waals surface area contributed by atoms with Crippen LogP contribution in [0.25, 0.3) is 0 Å². The van der Waals surface area contributed by atoms with Crippen molar-refractivity contribution in [3.05, 3.63) is 29.8 Å². The first-order valence-corrected chi connectivity index (χ1v) is 6.93. The second-order valence-corrected chi connectivity index (χ2v) is 5.12. The lowest BCUT2D eigenvalue weighted by Crippen LogP contribution is -2.22. The summed E-state index contributed by atoms with van der Waals surface area (Å²) in [5.74, 6) is -4.75. The van der Waals surface area contributed by atoms with Gasteiger partial charge in [0, 0.05) is 5.69 Å². The zero-order valence-corrected chi connectivity index (χ0v) is 11.5. The summed E-state index contributed by atoms with van der Waals surface area (Å²) < 4.78 is 30.6. The molecule has 1 aromatic rings. The van der Waals surface area contributed by atoms with Crippen LogP contribution in [-0.2, 0) is 16.0 Å². The molecular formula is C15H19F2NO2. The number of carbonyl (C=O) groups is 1. The van der Waals surface area contributed by atoms with Gasteiger partial charge in [-0.2, -0.15) is 8.78 Å². The van der Waals surface area contributed by atoms with Gasteiger partial charge in [-0.25, -0.2) is 4.79 Å². The zero-order valence-electron chi connectivity index (χ0n) is 11.5. The van der Waals surface area contributed by atoms with E-state index in [-0.39, 0.29) is 6.54 Å². The molecule has 1 aromatic carbocycles. The maximum atomic E-state index is 13.0. The molecule has 110 valence electrons. The number of aryl methyl sites for hydroxylation is 1. The van der Waals surface area contributed by atoms with Crippen LogP contribution in [0, 0.1) is 0 Å². The Kier molecular flexibility index (Phi) is 4.57. The molecule has 1 atom stereocenters. The van der Waals surface area contributed by atoms with E-state index in [2.05, 4.69) is 17.0 Å². The highest BCUT2D eigenvalue weighted by Gasteiger charge is 2.50. The van der Waals surface area contributed by atoms with Crippen molar-refractivity contribution >= 4 is 11.7 Å². The fourth-order valence-corrected chi connectivity index (χ4v) is 2.16. The normalized spacial score (nSPS) is 20.8. The van der Waals surface area contributed by atoms with Crippen LogP contribution in [-0.4, -0.2) is 24.5 Å². The summed E-state index contributed by atoms with van der Waals surface area (Å²) in [6, 6.07) is 7.88. The number of anilines is 1. The number of ether oxygens (including phenoxy) is 1. The van der Waals surface area contributed by atoms with E-state index >= 15 is 0 Å². The van der Waals surface area contributed by atoms with Crippen LogP contribution >= 0.6 is 0 Å². The van der Waals surface area contributed by atoms with E-state index < -0.39 is 24.4 Å². The number of hydrogen-bond donors (Lipinski definition) is 1. The number of benzene rings is 1. The van der Waals surface area contributed by atoms with E-state index in [4.69, 9.17) is 0 Å². The monoisotopic (exact) mass is 283 g/mol. The van der Waals surface area contributed by atoms with Crippen LogP contribution in [0.4, 0.5) is 14.5 Å². The van der Waals surface area contributed by atoms with Crippen molar-refractivity contribution in [2.75, 3.05) is 11.9 Å². The Bertz CT molecular complexity index is 459. The molecule has 3 nitrogen and oxygen atoms in total. The maximum Gasteiger partial charge on any atom is 0.377 e. The van der Waals surface area contributed by atoms with Crippen molar-refractivity contribution in [1.29, 1.82) is 0 Å². The second-order valence-electron chi connectivity index (χ2n) is 5.12. The molecule has 0 amide bonds. The van der Waals surface area contributed by atoms with Gasteiger partial charge in [-0.3, -0.25) is 0 Å². The van der Waals surface area contributed by atoms with Gasteiger partial charge in [-0.15, -0.1) is 0 Å². The number of rotatable bonds is 6. The minimum Gasteiger partial charge on any atom is -0.456 e. The lowest BCUT2D eigenvalue weighted by Gasteiger charge is -2.11. The first kappa shape index (κ1) is 14.8. The third-order valence-corrected chi connectivity index (χ3v) is 3.36. The van der Waals surface area contributed by atoms with Gasteiger partial charge in [0.2, 0.25) is 0 Å². The van der Waals surface area contributed by atoms with Crippen molar-refractivity contribution < 1.29 is 18.3 Å². The molecule has 1 aliphatic rings. The lowest BCUT2D eigenvalue weighted by atomic mass is 10.1. The lowest BCUT2D eigenvalue weighted by molar-refractivity contribution is -0.158. The molecule has 1 saturated heterocycles. The van der Waals surface area contributed by atoms with Crippen LogP contribution < -0.4 is 5.32 Å². The molecule has 1 aliphatic heterocycles. The molecule has 20 heavy (non-hydrogen) atoms. The van der Waals surface area contributed by atoms with E-state index in [0.717, 1.165) is 24.9 Å². The Balaban J connectivity index is 1.81. The predicted molar refractivity (Wildman–Crippen MR) is 73.0 cm³/mol. The standard InChI is InChI=1S/C15H19F2NO2/c1-2-3-4-11-5-7-12(8-6-11)18-10-13-9-15(16,17)14(19)20-13/h5-8,13,18H,2-4,9-10H2,1H3. The molecular weight excluding hydrogens is 264 g/mol. The van der Waals surface area contributed by atoms with Crippen molar-refractivity contribution in [2.45, 2.75) is 44.6 Å². The van der Waals surface area contributed by atoms with Crippen molar-refractivity contribution in [3.63, 3.8) is 0 Å². The van der Waals surface area contributed by atoms with Gasteiger partial charge in [-0.1, -0.05) is 25.5 Å². The van der Waals surface area contributed by atoms with Crippen LogP contribution in [0.5, 0.6) is 0 Å². The summed E-state index contributed by atoms with van der Waals surface area (Å²) in [6.45, 7) is 2.35. The quantitative estimate of drug-likeness (QED) is 0.813. The summed E-state index contributed by atoms with van der Waals surface area (Å²) >= 11 is 0. The number of nitrogens with one attached hydrogen (secondary N) is 1. The summed E-state index contributed by atoms with van der Waals surface area (Å²) in [5.41, 5.74) is 2.10. The molecule has 2 rings (SSSR count). The molecule has 0 spiro atoms. The number of unbranched alkanes of at least 4 members (excludes halogenated alkanes) is 1. The second kappa shape index (κ2) is 6.20. The number of carbonyl (C=O) groups excluding carboxylic acids is 1. The van der Waals surface area contributed by atoms with Gasteiger partial charge in [0.25, 0.3) is 0 Å². The minimum atomic E-state index is -3.34. The van der Waals surface area contributed by atoms with E-state index in [9.17, 15) is 13.6 Å². The molecule has 0 radical (unpaired) electrons. The van der Waals surface area contributed by atoms with Crippen LogP contribution in [0.15, 0.2) is 24.3 Å². The molecule has 1 heterocycles. The summed E-state index contributed by atoms with van der Waals surface area (Å²) in [7, 11) is 0. The molecule has 5 heteroatoms. The van der Waals surface area contributed by atoms with Gasteiger partial charge in [0.15, 0.2) is 0 Å². The Morgan fingerprint density at radius 2 is 2.05 bits per heavy atom. The highest BCUT2D eigenvalue weighted by molar-refractivity contribution is 5.79. The average molecular weight is 283 g/mol. The molecule has 1 fully saturated rings. The first-order chi connectivity index (χ1) is 9.51. The summed E-state index contributed by atoms with van der Waals surface area (Å²) in [5, 5.41) is 3.02. The Labute approximate surface area is 117 Å². The Morgan fingerprint density at radius 3 is 2.60 bits per heavy atom. The molecule has 0 aliphatic carbocycles. The van der Waals surface area contributed by atoms with Gasteiger partial charge >= 0.3 is 11.9 Å². The minimum absolute atomic E-state index is 0.204. The highest BCUT2D eigenvalue weighted by Crippen LogP contribution is 2.30. The summed E-state index contributed by atoms with van der Waals surface area (Å²) in [6.07, 6.45) is 2.04. The maximum absolute atomic E-state index is 13.0. The molecule has 0 saturated carbocycles. The van der Waals surface area contributed by atoms with E-state index in [1.54, 1.807) is 0 Å². The van der Waals surface area contributed by atoms with Gasteiger partial charge in [-0.05, 0) is 30.5 Å². The largest absolute Gasteiger partial charge is 0.456 e. The number of halogens is 2. The fraction of sp³-hybridized carbons (Fsp3) is 0.533. The number of esters is 1. The van der Waals surface area contributed by atoms with Crippen LogP contribution in [0.1, 0.15) is 31.7 Å². The van der Waals surface area contributed by atoms with Gasteiger partial charge in [0.05, 0.1) is 13.0 Å². The highest BCUT2D eigenvalue weighted by atomic mass is 19.3. The van der Waals surface area contributed by atoms with E-state index in [1.807, 2.05) is 24.3 Å². The molecule has 0 aromatic heterocycles. The van der Waals surface area contributed by atoms with E-state index in [1.165, 1.54) is 5.56 Å². The van der Waals surface area contributed by atoms with Crippen molar-refractivity contribution in [1.82, 2.24) is 0 Å². The van der Waals surface area contributed by atoms with Gasteiger partial charge in [0.1, 0.15) is 6.10 Å². The van der Waals surface area contributed by atoms with Crippen LogP contribution in [0.3, 0.4) is 0 Å². The van der Waals surface area contributed by atoms with Crippen molar-refractivity contribution in [2.24, 2.45) is 0 Å². The number of alkyl halides is 2. The van der Waals surface area contributed by atoms with E-state index in [0.29, 0.717) is 0 Å². The number of hydrogen-bond acceptors (Lipinski definition) is 3. The average Bonchev–Trinajstić information content (AvgIpc) is 2.69. The van der Waals surface area contributed by atoms with Crippen LogP contribution in [0.2, 0.25) is 0 Å². The predicted octanol–water partition coefficient (Wildman–Crippen LogP) is 3.39. The summed E-state index contributed by atoms with van der Waals surface area (Å²) in [4.78, 5) is 10.9. The Morgan fingerprint density at radius 1 is 1.35 bits per heavy atom. The zero-order chi connectivity index (χ0) is 14.6. The first-order valence-electron chi connectivity index (χ1n) is 6.93. The molecule has 0 bridgehead atoms.